The van der Waals surface area contributed by atoms with Gasteiger partial charge in [0.25, 0.3) is 0 Å². The van der Waals surface area contributed by atoms with Crippen LogP contribution in [0.2, 0.25) is 0 Å². The van der Waals surface area contributed by atoms with Crippen molar-refractivity contribution in [1.29, 1.82) is 0 Å². The molecular weight excluding hydrogens is 370 g/mol. The molecule has 3 heterocycles. The maximum atomic E-state index is 12.2. The van der Waals surface area contributed by atoms with Crippen LogP contribution in [-0.4, -0.2) is 61.5 Å². The summed E-state index contributed by atoms with van der Waals surface area (Å²) in [5.74, 6) is -0.201. The number of amides is 2. The van der Waals surface area contributed by atoms with Crippen LogP contribution in [-0.2, 0) is 4.79 Å². The van der Waals surface area contributed by atoms with Gasteiger partial charge in [-0.25, -0.2) is 9.59 Å². The van der Waals surface area contributed by atoms with Gasteiger partial charge in [0.2, 0.25) is 11.8 Å². The molecule has 1 aromatic heterocycles. The van der Waals surface area contributed by atoms with Crippen LogP contribution in [0.15, 0.2) is 12.1 Å². The number of urea groups is 1. The molecule has 0 spiro atoms. The van der Waals surface area contributed by atoms with E-state index < -0.39 is 5.97 Å². The van der Waals surface area contributed by atoms with E-state index in [0.29, 0.717) is 16.4 Å². The molecule has 2 amide bonds. The van der Waals surface area contributed by atoms with Crippen LogP contribution in [0.25, 0.3) is 0 Å². The number of nitrogens with one attached hydrogen (secondary N) is 1. The van der Waals surface area contributed by atoms with Crippen molar-refractivity contribution in [2.24, 2.45) is 0 Å². The summed E-state index contributed by atoms with van der Waals surface area (Å²) in [4.78, 5) is 31.0. The third kappa shape index (κ3) is 4.45. The number of aromatic nitrogens is 1. The lowest BCUT2D eigenvalue weighted by molar-refractivity contribution is -0.145. The first-order valence-corrected chi connectivity index (χ1v) is 10.6. The van der Waals surface area contributed by atoms with Crippen LogP contribution in [0.3, 0.4) is 0 Å². The molecule has 9 heteroatoms. The first kappa shape index (κ1) is 19.7. The van der Waals surface area contributed by atoms with Crippen LogP contribution >= 0.6 is 11.8 Å². The molecule has 0 saturated carbocycles. The van der Waals surface area contributed by atoms with Crippen molar-refractivity contribution < 1.29 is 24.6 Å². The quantitative estimate of drug-likeness (QED) is 0.435. The Morgan fingerprint density at radius 2 is 2.04 bits per heavy atom. The van der Waals surface area contributed by atoms with Crippen molar-refractivity contribution in [1.82, 2.24) is 14.9 Å². The Labute approximate surface area is 162 Å². The average molecular weight is 397 g/mol. The van der Waals surface area contributed by atoms with Gasteiger partial charge >= 0.3 is 12.0 Å². The van der Waals surface area contributed by atoms with E-state index in [9.17, 15) is 19.8 Å². The molecule has 2 saturated heterocycles. The number of carbonyl (C=O) groups is 2. The minimum Gasteiger partial charge on any atom is -0.492 e. The van der Waals surface area contributed by atoms with Gasteiger partial charge in [-0.3, -0.25) is 0 Å². The maximum Gasteiger partial charge on any atom is 0.333 e. The Bertz CT molecular complexity index is 660. The molecule has 0 aliphatic carbocycles. The largest absolute Gasteiger partial charge is 0.492 e. The first-order valence-electron chi connectivity index (χ1n) is 9.50. The fraction of sp³-hybridized carbons (Fsp3) is 0.667. The van der Waals surface area contributed by atoms with Gasteiger partial charge in [0.15, 0.2) is 0 Å². The molecule has 8 nitrogen and oxygen atoms in total. The third-order valence-corrected chi connectivity index (χ3v) is 6.57. The Morgan fingerprint density at radius 1 is 1.30 bits per heavy atom. The number of thioether (sulfide) groups is 1. The van der Waals surface area contributed by atoms with E-state index in [1.165, 1.54) is 12.1 Å². The van der Waals surface area contributed by atoms with Gasteiger partial charge in [-0.1, -0.05) is 19.8 Å². The molecule has 3 N–H and O–H groups in total. The van der Waals surface area contributed by atoms with Crippen LogP contribution in [0, 0.1) is 0 Å². The normalized spacial score (nSPS) is 24.1. The smallest absolute Gasteiger partial charge is 0.333 e. The SMILES string of the molecule is CCCCN1C(=O)N[C@H]2CS[C@@H](CCCCC(=O)On3c(O)ccc3O)[C@H]21. The highest BCUT2D eigenvalue weighted by Gasteiger charge is 2.47. The van der Waals surface area contributed by atoms with Crippen molar-refractivity contribution in [2.75, 3.05) is 12.3 Å². The number of unbranched alkanes of at least 4 members (excludes halogenated alkanes) is 2. The molecular formula is C18H27N3O5S. The van der Waals surface area contributed by atoms with Crippen LogP contribution < -0.4 is 10.2 Å². The van der Waals surface area contributed by atoms with Gasteiger partial charge in [0, 0.05) is 36.1 Å². The molecule has 0 aromatic carbocycles. The van der Waals surface area contributed by atoms with Crippen molar-refractivity contribution in [3.05, 3.63) is 12.1 Å². The van der Waals surface area contributed by atoms with E-state index >= 15 is 0 Å². The molecule has 3 atom stereocenters. The molecule has 2 aliphatic rings. The van der Waals surface area contributed by atoms with Gasteiger partial charge in [0.05, 0.1) is 12.1 Å². The number of rotatable bonds is 9. The van der Waals surface area contributed by atoms with E-state index in [2.05, 4.69) is 12.2 Å². The summed E-state index contributed by atoms with van der Waals surface area (Å²) in [6, 6.07) is 3.03. The van der Waals surface area contributed by atoms with Gasteiger partial charge in [-0.2, -0.15) is 11.8 Å². The number of fused-ring (bicyclic) bond motifs is 1. The summed E-state index contributed by atoms with van der Waals surface area (Å²) in [5.41, 5.74) is 0. The number of carbonyl (C=O) groups excluding carboxylic acids is 2. The molecule has 2 fully saturated rings. The fourth-order valence-corrected chi connectivity index (χ4v) is 5.30. The number of hydrogen-bond acceptors (Lipinski definition) is 6. The van der Waals surface area contributed by atoms with E-state index in [0.717, 1.165) is 38.0 Å². The lowest BCUT2D eigenvalue weighted by Crippen LogP contribution is -2.41. The second-order valence-corrected chi connectivity index (χ2v) is 8.29. The summed E-state index contributed by atoms with van der Waals surface area (Å²) >= 11 is 1.90. The lowest BCUT2D eigenvalue weighted by Gasteiger charge is -2.27. The Balaban J connectivity index is 1.42. The van der Waals surface area contributed by atoms with Gasteiger partial charge < -0.3 is 25.3 Å². The van der Waals surface area contributed by atoms with Crippen LogP contribution in [0.5, 0.6) is 11.8 Å². The topological polar surface area (TPSA) is 104 Å². The summed E-state index contributed by atoms with van der Waals surface area (Å²) in [7, 11) is 0. The zero-order valence-electron chi connectivity index (χ0n) is 15.5. The zero-order chi connectivity index (χ0) is 19.4. The van der Waals surface area contributed by atoms with E-state index in [1.807, 2.05) is 16.7 Å². The predicted molar refractivity (Wildman–Crippen MR) is 102 cm³/mol. The number of nitrogens with zero attached hydrogens (tertiary/aromatic N) is 2. The van der Waals surface area contributed by atoms with Crippen LogP contribution in [0.4, 0.5) is 4.79 Å². The van der Waals surface area contributed by atoms with Crippen molar-refractivity contribution in [3.63, 3.8) is 0 Å². The highest BCUT2D eigenvalue weighted by atomic mass is 32.2. The number of aromatic hydroxyl groups is 2. The summed E-state index contributed by atoms with van der Waals surface area (Å²) < 4.78 is 0.709. The molecule has 0 radical (unpaired) electrons. The second kappa shape index (κ2) is 8.77. The molecule has 27 heavy (non-hydrogen) atoms. The minimum absolute atomic E-state index is 0.0543. The molecule has 150 valence electrons. The summed E-state index contributed by atoms with van der Waals surface area (Å²) in [5, 5.41) is 22.4. The van der Waals surface area contributed by atoms with Gasteiger partial charge in [-0.05, 0) is 19.3 Å². The molecule has 2 aliphatic heterocycles. The maximum absolute atomic E-state index is 12.2. The summed E-state index contributed by atoms with van der Waals surface area (Å²) in [6.07, 6.45) is 4.74. The molecule has 3 rings (SSSR count). The third-order valence-electron chi connectivity index (χ3n) is 5.08. The Hall–Kier alpha value is -2.03. The standard InChI is InChI=1S/C18H27N3O5S/c1-2-3-10-20-17-12(19-18(20)25)11-27-13(17)6-4-5-7-16(24)26-21-14(22)8-9-15(21)23/h8-9,12-13,17,22-23H,2-7,10-11H2,1H3,(H,19,25)/t12-,13-,17-/m0/s1. The van der Waals surface area contributed by atoms with E-state index in [4.69, 9.17) is 4.84 Å². The fourth-order valence-electron chi connectivity index (χ4n) is 3.70. The van der Waals surface area contributed by atoms with E-state index in [1.54, 1.807) is 0 Å². The van der Waals surface area contributed by atoms with Gasteiger partial charge in [-0.15, -0.1) is 4.73 Å². The van der Waals surface area contributed by atoms with Crippen molar-refractivity contribution in [3.8, 4) is 11.8 Å². The first-order chi connectivity index (χ1) is 13.0. The van der Waals surface area contributed by atoms with E-state index in [-0.39, 0.29) is 36.3 Å². The molecule has 0 unspecified atom stereocenters. The Morgan fingerprint density at radius 3 is 2.74 bits per heavy atom. The van der Waals surface area contributed by atoms with Crippen LogP contribution in [0.1, 0.15) is 45.4 Å². The highest BCUT2D eigenvalue weighted by molar-refractivity contribution is 8.00. The monoisotopic (exact) mass is 397 g/mol. The second-order valence-electron chi connectivity index (χ2n) is 7.02. The average Bonchev–Trinajstić information content (AvgIpc) is 3.27. The minimum atomic E-state index is -0.504. The lowest BCUT2D eigenvalue weighted by atomic mass is 10.0. The summed E-state index contributed by atoms with van der Waals surface area (Å²) in [6.45, 7) is 2.93. The predicted octanol–water partition coefficient (Wildman–Crippen LogP) is 2.09. The zero-order valence-corrected chi connectivity index (χ0v) is 16.3. The Kier molecular flexibility index (Phi) is 6.41. The van der Waals surface area contributed by atoms with Gasteiger partial charge in [0.1, 0.15) is 0 Å². The van der Waals surface area contributed by atoms with Crippen molar-refractivity contribution >= 4 is 23.8 Å². The highest BCUT2D eigenvalue weighted by Crippen LogP contribution is 2.37. The molecule has 1 aromatic rings. The van der Waals surface area contributed by atoms with Crippen molar-refractivity contribution in [2.45, 2.75) is 62.8 Å². The molecule has 0 bridgehead atoms. The number of hydrogen-bond donors (Lipinski definition) is 3.